The first-order valence-electron chi connectivity index (χ1n) is 7.96. The van der Waals surface area contributed by atoms with E-state index in [0.29, 0.717) is 32.9 Å². The summed E-state index contributed by atoms with van der Waals surface area (Å²) in [4.78, 5) is 18.4. The van der Waals surface area contributed by atoms with Crippen LogP contribution in [0.15, 0.2) is 18.3 Å². The number of carbonyl (C=O) groups excluding carboxylic acids is 1. The molecule has 2 fully saturated rings. The highest BCUT2D eigenvalue weighted by Crippen LogP contribution is 2.28. The van der Waals surface area contributed by atoms with Crippen LogP contribution in [-0.2, 0) is 9.47 Å². The summed E-state index contributed by atoms with van der Waals surface area (Å²) in [6, 6.07) is 2.85. The Balaban J connectivity index is 1.68. The fourth-order valence-electron chi connectivity index (χ4n) is 3.02. The SMILES string of the molecule is O=C(c1cc(OCC(F)F)ccn1)N1CCOC2(CCCOC2)C1. The van der Waals surface area contributed by atoms with Gasteiger partial charge in [-0.15, -0.1) is 0 Å². The Hall–Kier alpha value is -1.80. The van der Waals surface area contributed by atoms with Crippen molar-refractivity contribution in [3.05, 3.63) is 24.0 Å². The molecule has 0 N–H and O–H groups in total. The highest BCUT2D eigenvalue weighted by Gasteiger charge is 2.40. The van der Waals surface area contributed by atoms with Gasteiger partial charge in [-0.2, -0.15) is 0 Å². The van der Waals surface area contributed by atoms with Gasteiger partial charge in [-0.25, -0.2) is 8.78 Å². The lowest BCUT2D eigenvalue weighted by Crippen LogP contribution is -2.57. The van der Waals surface area contributed by atoms with Gasteiger partial charge in [0, 0.05) is 25.4 Å². The Kier molecular flexibility index (Phi) is 5.25. The van der Waals surface area contributed by atoms with Crippen molar-refractivity contribution in [2.75, 3.05) is 39.5 Å². The minimum atomic E-state index is -2.57. The Morgan fingerprint density at radius 3 is 3.08 bits per heavy atom. The summed E-state index contributed by atoms with van der Waals surface area (Å²) in [7, 11) is 0. The Bertz CT molecular complexity index is 573. The maximum atomic E-state index is 12.7. The van der Waals surface area contributed by atoms with Crippen molar-refractivity contribution in [2.45, 2.75) is 24.9 Å². The van der Waals surface area contributed by atoms with E-state index in [1.807, 2.05) is 0 Å². The second-order valence-electron chi connectivity index (χ2n) is 5.99. The van der Waals surface area contributed by atoms with E-state index in [2.05, 4.69) is 4.98 Å². The minimum Gasteiger partial charge on any atom is -0.488 e. The van der Waals surface area contributed by atoms with E-state index in [1.165, 1.54) is 18.3 Å². The number of hydrogen-bond acceptors (Lipinski definition) is 5. The molecule has 8 heteroatoms. The summed E-state index contributed by atoms with van der Waals surface area (Å²) < 4.78 is 40.8. The molecule has 24 heavy (non-hydrogen) atoms. The van der Waals surface area contributed by atoms with Gasteiger partial charge in [0.15, 0.2) is 0 Å². The molecule has 1 amide bonds. The van der Waals surface area contributed by atoms with E-state index in [-0.39, 0.29) is 17.4 Å². The predicted octanol–water partition coefficient (Wildman–Crippen LogP) is 1.75. The Morgan fingerprint density at radius 1 is 1.46 bits per heavy atom. The Morgan fingerprint density at radius 2 is 2.33 bits per heavy atom. The second-order valence-corrected chi connectivity index (χ2v) is 5.99. The van der Waals surface area contributed by atoms with E-state index in [0.717, 1.165) is 12.8 Å². The lowest BCUT2D eigenvalue weighted by Gasteiger charge is -2.44. The van der Waals surface area contributed by atoms with Crippen LogP contribution in [0.3, 0.4) is 0 Å². The molecule has 1 spiro atoms. The van der Waals surface area contributed by atoms with Gasteiger partial charge in [-0.3, -0.25) is 9.78 Å². The molecule has 0 aromatic carbocycles. The molecule has 0 saturated carbocycles. The number of aromatic nitrogens is 1. The third kappa shape index (κ3) is 3.99. The molecule has 3 heterocycles. The molecule has 0 radical (unpaired) electrons. The molecule has 2 aliphatic heterocycles. The van der Waals surface area contributed by atoms with Crippen molar-refractivity contribution in [3.8, 4) is 5.75 Å². The van der Waals surface area contributed by atoms with Gasteiger partial charge >= 0.3 is 0 Å². The fourth-order valence-corrected chi connectivity index (χ4v) is 3.02. The van der Waals surface area contributed by atoms with E-state index in [9.17, 15) is 13.6 Å². The molecule has 3 rings (SSSR count). The zero-order valence-electron chi connectivity index (χ0n) is 13.2. The zero-order valence-corrected chi connectivity index (χ0v) is 13.2. The van der Waals surface area contributed by atoms with Gasteiger partial charge in [-0.1, -0.05) is 0 Å². The molecule has 2 aliphatic rings. The number of ether oxygens (including phenoxy) is 3. The average molecular weight is 342 g/mol. The van der Waals surface area contributed by atoms with Crippen LogP contribution in [0.25, 0.3) is 0 Å². The summed E-state index contributed by atoms with van der Waals surface area (Å²) in [5.74, 6) is -0.0524. The van der Waals surface area contributed by atoms with Crippen molar-refractivity contribution >= 4 is 5.91 Å². The van der Waals surface area contributed by atoms with Crippen molar-refractivity contribution < 1.29 is 27.8 Å². The number of pyridine rings is 1. The zero-order chi connectivity index (χ0) is 17.0. The highest BCUT2D eigenvalue weighted by atomic mass is 19.3. The van der Waals surface area contributed by atoms with Crippen molar-refractivity contribution in [2.24, 2.45) is 0 Å². The molecule has 2 saturated heterocycles. The third-order valence-electron chi connectivity index (χ3n) is 4.15. The monoisotopic (exact) mass is 342 g/mol. The van der Waals surface area contributed by atoms with Crippen LogP contribution in [0.5, 0.6) is 5.75 Å². The van der Waals surface area contributed by atoms with Crippen LogP contribution in [0, 0.1) is 0 Å². The Labute approximate surface area is 138 Å². The number of nitrogens with zero attached hydrogens (tertiary/aromatic N) is 2. The molecule has 1 atom stereocenters. The van der Waals surface area contributed by atoms with Crippen molar-refractivity contribution in [3.63, 3.8) is 0 Å². The maximum Gasteiger partial charge on any atom is 0.272 e. The maximum absolute atomic E-state index is 12.7. The number of amides is 1. The highest BCUT2D eigenvalue weighted by molar-refractivity contribution is 5.92. The number of hydrogen-bond donors (Lipinski definition) is 0. The topological polar surface area (TPSA) is 60.9 Å². The van der Waals surface area contributed by atoms with Crippen LogP contribution >= 0.6 is 0 Å². The number of carbonyl (C=O) groups is 1. The average Bonchev–Trinajstić information content (AvgIpc) is 2.60. The summed E-state index contributed by atoms with van der Waals surface area (Å²) >= 11 is 0. The molecule has 0 aliphatic carbocycles. The van der Waals surface area contributed by atoms with Gasteiger partial charge in [0.05, 0.1) is 19.8 Å². The van der Waals surface area contributed by atoms with Crippen LogP contribution < -0.4 is 4.74 Å². The quantitative estimate of drug-likeness (QED) is 0.834. The third-order valence-corrected chi connectivity index (χ3v) is 4.15. The summed E-state index contributed by atoms with van der Waals surface area (Å²) in [5.41, 5.74) is -0.272. The van der Waals surface area contributed by atoms with Gasteiger partial charge in [-0.05, 0) is 18.9 Å². The van der Waals surface area contributed by atoms with Crippen molar-refractivity contribution in [1.29, 1.82) is 0 Å². The van der Waals surface area contributed by atoms with E-state index in [4.69, 9.17) is 14.2 Å². The normalized spacial score (nSPS) is 24.4. The second kappa shape index (κ2) is 7.40. The lowest BCUT2D eigenvalue weighted by molar-refractivity contribution is -0.160. The molecule has 1 aromatic rings. The number of morpholine rings is 1. The lowest BCUT2D eigenvalue weighted by atomic mass is 9.94. The van der Waals surface area contributed by atoms with E-state index < -0.39 is 18.6 Å². The van der Waals surface area contributed by atoms with Crippen LogP contribution in [0.2, 0.25) is 0 Å². The first-order valence-corrected chi connectivity index (χ1v) is 7.96. The van der Waals surface area contributed by atoms with Crippen LogP contribution in [-0.4, -0.2) is 67.3 Å². The van der Waals surface area contributed by atoms with Gasteiger partial charge in [0.1, 0.15) is 23.7 Å². The minimum absolute atomic E-state index is 0.176. The smallest absolute Gasteiger partial charge is 0.272 e. The van der Waals surface area contributed by atoms with Crippen LogP contribution in [0.1, 0.15) is 23.3 Å². The first kappa shape index (κ1) is 17.0. The summed E-state index contributed by atoms with van der Waals surface area (Å²) in [6.45, 7) is 1.82. The molecule has 6 nitrogen and oxygen atoms in total. The van der Waals surface area contributed by atoms with Crippen LogP contribution in [0.4, 0.5) is 8.78 Å². The van der Waals surface area contributed by atoms with Gasteiger partial charge in [0.2, 0.25) is 0 Å². The first-order chi connectivity index (χ1) is 11.6. The summed E-state index contributed by atoms with van der Waals surface area (Å²) in [5, 5.41) is 0. The fraction of sp³-hybridized carbons (Fsp3) is 0.625. The van der Waals surface area contributed by atoms with Gasteiger partial charge in [0.25, 0.3) is 12.3 Å². The van der Waals surface area contributed by atoms with Gasteiger partial charge < -0.3 is 19.1 Å². The standard InChI is InChI=1S/C16H20F2N2O4/c17-14(18)9-23-12-2-4-19-13(8-12)15(21)20-5-7-24-16(10-20)3-1-6-22-11-16/h2,4,8,14H,1,3,5-7,9-11H2. The molecular weight excluding hydrogens is 322 g/mol. The molecule has 132 valence electrons. The predicted molar refractivity (Wildman–Crippen MR) is 80.4 cm³/mol. The number of halogens is 2. The number of alkyl halides is 2. The number of rotatable bonds is 4. The largest absolute Gasteiger partial charge is 0.488 e. The molecule has 1 unspecified atom stereocenters. The van der Waals surface area contributed by atoms with E-state index >= 15 is 0 Å². The molecule has 0 bridgehead atoms. The summed E-state index contributed by atoms with van der Waals surface area (Å²) in [6.07, 6.45) is 0.565. The molecule has 1 aromatic heterocycles. The van der Waals surface area contributed by atoms with E-state index in [1.54, 1.807) is 4.90 Å². The molecular formula is C16H20F2N2O4. The van der Waals surface area contributed by atoms with Crippen molar-refractivity contribution in [1.82, 2.24) is 9.88 Å².